The number of hydrogen-bond donors (Lipinski definition) is 2. The molecule has 0 aromatic carbocycles. The molecule has 2 heterocycles. The molecule has 7 heteroatoms. The SMILES string of the molecule is CC(C)C(=O)NCCNC(=O)Cc1csc(-c2ccsc2)n1. The Labute approximate surface area is 137 Å². The second-order valence-electron chi connectivity index (χ2n) is 5.13. The molecule has 0 saturated carbocycles. The largest absolute Gasteiger partial charge is 0.354 e. The highest BCUT2D eigenvalue weighted by Gasteiger charge is 2.09. The van der Waals surface area contributed by atoms with Crippen LogP contribution in [0.3, 0.4) is 0 Å². The van der Waals surface area contributed by atoms with Crippen LogP contribution in [-0.2, 0) is 16.0 Å². The van der Waals surface area contributed by atoms with Crippen molar-refractivity contribution >= 4 is 34.5 Å². The van der Waals surface area contributed by atoms with E-state index in [1.54, 1.807) is 22.7 Å². The van der Waals surface area contributed by atoms with Gasteiger partial charge in [-0.05, 0) is 11.4 Å². The van der Waals surface area contributed by atoms with E-state index >= 15 is 0 Å². The van der Waals surface area contributed by atoms with Gasteiger partial charge in [-0.15, -0.1) is 11.3 Å². The molecule has 0 unspecified atom stereocenters. The van der Waals surface area contributed by atoms with Crippen molar-refractivity contribution in [2.45, 2.75) is 20.3 Å². The summed E-state index contributed by atoms with van der Waals surface area (Å²) in [5, 5.41) is 12.4. The average molecular weight is 337 g/mol. The Balaban J connectivity index is 1.72. The molecule has 0 aliphatic carbocycles. The molecular formula is C15H19N3O2S2. The monoisotopic (exact) mass is 337 g/mol. The average Bonchev–Trinajstić information content (AvgIpc) is 3.13. The normalized spacial score (nSPS) is 10.7. The summed E-state index contributed by atoms with van der Waals surface area (Å²) in [4.78, 5) is 27.7. The van der Waals surface area contributed by atoms with E-state index in [0.29, 0.717) is 13.1 Å². The lowest BCUT2D eigenvalue weighted by Gasteiger charge is -2.08. The summed E-state index contributed by atoms with van der Waals surface area (Å²) in [5.41, 5.74) is 1.87. The van der Waals surface area contributed by atoms with E-state index in [1.807, 2.05) is 36.1 Å². The number of nitrogens with zero attached hydrogens (tertiary/aromatic N) is 1. The minimum atomic E-state index is -0.0824. The summed E-state index contributed by atoms with van der Waals surface area (Å²) >= 11 is 3.17. The standard InChI is InChI=1S/C15H19N3O2S2/c1-10(2)14(20)17-5-4-16-13(19)7-12-9-22-15(18-12)11-3-6-21-8-11/h3,6,8-10H,4-5,7H2,1-2H3,(H,16,19)(H,17,20). The molecule has 2 amide bonds. The maximum atomic E-state index is 11.8. The van der Waals surface area contributed by atoms with Crippen molar-refractivity contribution in [3.05, 3.63) is 27.9 Å². The lowest BCUT2D eigenvalue weighted by atomic mass is 10.2. The van der Waals surface area contributed by atoms with Gasteiger partial charge in [-0.1, -0.05) is 13.8 Å². The molecule has 0 aliphatic heterocycles. The summed E-state index contributed by atoms with van der Waals surface area (Å²) in [6.45, 7) is 4.54. The predicted octanol–water partition coefficient (Wildman–Crippen LogP) is 2.30. The van der Waals surface area contributed by atoms with Gasteiger partial charge in [0.2, 0.25) is 11.8 Å². The molecule has 0 fully saturated rings. The molecule has 0 atom stereocenters. The lowest BCUT2D eigenvalue weighted by Crippen LogP contribution is -2.36. The molecule has 0 aliphatic rings. The number of rotatable bonds is 7. The molecule has 22 heavy (non-hydrogen) atoms. The third-order valence-electron chi connectivity index (χ3n) is 2.93. The van der Waals surface area contributed by atoms with Gasteiger partial charge in [0.25, 0.3) is 0 Å². The zero-order chi connectivity index (χ0) is 15.9. The Hall–Kier alpha value is -1.73. The number of hydrogen-bond acceptors (Lipinski definition) is 5. The van der Waals surface area contributed by atoms with Gasteiger partial charge in [-0.25, -0.2) is 4.98 Å². The van der Waals surface area contributed by atoms with Gasteiger partial charge in [0.1, 0.15) is 5.01 Å². The van der Waals surface area contributed by atoms with Crippen LogP contribution >= 0.6 is 22.7 Å². The van der Waals surface area contributed by atoms with Gasteiger partial charge >= 0.3 is 0 Å². The highest BCUT2D eigenvalue weighted by atomic mass is 32.1. The molecule has 0 saturated heterocycles. The van der Waals surface area contributed by atoms with Crippen LogP contribution in [0.5, 0.6) is 0 Å². The van der Waals surface area contributed by atoms with Gasteiger partial charge < -0.3 is 10.6 Å². The Morgan fingerprint density at radius 2 is 2.00 bits per heavy atom. The van der Waals surface area contributed by atoms with E-state index in [1.165, 1.54) is 0 Å². The smallest absolute Gasteiger partial charge is 0.226 e. The van der Waals surface area contributed by atoms with Crippen molar-refractivity contribution in [3.63, 3.8) is 0 Å². The van der Waals surface area contributed by atoms with Crippen LogP contribution in [0.4, 0.5) is 0 Å². The first kappa shape index (κ1) is 16.6. The zero-order valence-corrected chi connectivity index (χ0v) is 14.2. The van der Waals surface area contributed by atoms with Gasteiger partial charge in [0.05, 0.1) is 12.1 Å². The Bertz CT molecular complexity index is 621. The third-order valence-corrected chi connectivity index (χ3v) is 4.56. The van der Waals surface area contributed by atoms with Crippen molar-refractivity contribution in [2.24, 2.45) is 5.92 Å². The summed E-state index contributed by atoms with van der Waals surface area (Å²) in [7, 11) is 0. The number of carbonyl (C=O) groups is 2. The van der Waals surface area contributed by atoms with Gasteiger partial charge in [0, 0.05) is 35.3 Å². The molecule has 2 aromatic heterocycles. The van der Waals surface area contributed by atoms with Crippen molar-refractivity contribution in [1.82, 2.24) is 15.6 Å². The predicted molar refractivity (Wildman–Crippen MR) is 90.0 cm³/mol. The van der Waals surface area contributed by atoms with Crippen LogP contribution < -0.4 is 10.6 Å². The number of amides is 2. The van der Waals surface area contributed by atoms with Crippen molar-refractivity contribution < 1.29 is 9.59 Å². The van der Waals surface area contributed by atoms with Crippen LogP contribution in [0.15, 0.2) is 22.2 Å². The van der Waals surface area contributed by atoms with E-state index in [-0.39, 0.29) is 24.2 Å². The summed E-state index contributed by atoms with van der Waals surface area (Å²) in [6.07, 6.45) is 0.263. The van der Waals surface area contributed by atoms with Crippen LogP contribution in [0, 0.1) is 5.92 Å². The Kier molecular flexibility index (Phi) is 6.09. The second kappa shape index (κ2) is 8.05. The summed E-state index contributed by atoms with van der Waals surface area (Å²) in [6, 6.07) is 2.02. The fourth-order valence-corrected chi connectivity index (χ4v) is 3.26. The molecule has 2 N–H and O–H groups in total. The Morgan fingerprint density at radius 1 is 1.23 bits per heavy atom. The zero-order valence-electron chi connectivity index (χ0n) is 12.6. The van der Waals surface area contributed by atoms with Gasteiger partial charge in [-0.2, -0.15) is 11.3 Å². The summed E-state index contributed by atoms with van der Waals surface area (Å²) in [5.74, 6) is -0.128. The minimum absolute atomic E-state index is 0.00541. The van der Waals surface area contributed by atoms with Crippen LogP contribution in [-0.4, -0.2) is 29.9 Å². The molecule has 0 radical (unpaired) electrons. The first-order valence-electron chi connectivity index (χ1n) is 7.07. The van der Waals surface area contributed by atoms with Crippen LogP contribution in [0.2, 0.25) is 0 Å². The first-order valence-corrected chi connectivity index (χ1v) is 8.90. The number of thiazole rings is 1. The number of aromatic nitrogens is 1. The van der Waals surface area contributed by atoms with Crippen molar-refractivity contribution in [1.29, 1.82) is 0 Å². The number of carbonyl (C=O) groups excluding carboxylic acids is 2. The highest BCUT2D eigenvalue weighted by molar-refractivity contribution is 7.14. The molecule has 0 bridgehead atoms. The van der Waals surface area contributed by atoms with E-state index < -0.39 is 0 Å². The molecule has 0 spiro atoms. The van der Waals surface area contributed by atoms with E-state index in [9.17, 15) is 9.59 Å². The first-order chi connectivity index (χ1) is 10.6. The van der Waals surface area contributed by atoms with E-state index in [0.717, 1.165) is 16.3 Å². The molecule has 2 aromatic rings. The second-order valence-corrected chi connectivity index (χ2v) is 6.77. The van der Waals surface area contributed by atoms with E-state index in [4.69, 9.17) is 0 Å². The molecule has 2 rings (SSSR count). The lowest BCUT2D eigenvalue weighted by molar-refractivity contribution is -0.124. The molecule has 118 valence electrons. The quantitative estimate of drug-likeness (QED) is 0.762. The van der Waals surface area contributed by atoms with Crippen LogP contribution in [0.1, 0.15) is 19.5 Å². The van der Waals surface area contributed by atoms with Gasteiger partial charge in [-0.3, -0.25) is 9.59 Å². The number of nitrogens with one attached hydrogen (secondary N) is 2. The fraction of sp³-hybridized carbons (Fsp3) is 0.400. The van der Waals surface area contributed by atoms with Crippen molar-refractivity contribution in [2.75, 3.05) is 13.1 Å². The van der Waals surface area contributed by atoms with Gasteiger partial charge in [0.15, 0.2) is 0 Å². The Morgan fingerprint density at radius 3 is 2.68 bits per heavy atom. The minimum Gasteiger partial charge on any atom is -0.354 e. The maximum Gasteiger partial charge on any atom is 0.226 e. The van der Waals surface area contributed by atoms with Crippen LogP contribution in [0.25, 0.3) is 10.6 Å². The van der Waals surface area contributed by atoms with E-state index in [2.05, 4.69) is 15.6 Å². The van der Waals surface area contributed by atoms with Crippen molar-refractivity contribution in [3.8, 4) is 10.6 Å². The topological polar surface area (TPSA) is 71.1 Å². The maximum absolute atomic E-state index is 11.8. The molecule has 5 nitrogen and oxygen atoms in total. The summed E-state index contributed by atoms with van der Waals surface area (Å²) < 4.78 is 0. The highest BCUT2D eigenvalue weighted by Crippen LogP contribution is 2.25. The third kappa shape index (κ3) is 4.92. The molecular weight excluding hydrogens is 318 g/mol. The number of thiophene rings is 1. The fourth-order valence-electron chi connectivity index (χ4n) is 1.73.